The van der Waals surface area contributed by atoms with Crippen molar-refractivity contribution < 1.29 is 14.6 Å². The van der Waals surface area contributed by atoms with E-state index < -0.39 is 6.10 Å². The van der Waals surface area contributed by atoms with Crippen LogP contribution in [0, 0.1) is 5.92 Å². The highest BCUT2D eigenvalue weighted by Crippen LogP contribution is 2.35. The van der Waals surface area contributed by atoms with Crippen LogP contribution in [0.4, 0.5) is 0 Å². The molecule has 2 aliphatic rings. The van der Waals surface area contributed by atoms with Gasteiger partial charge in [0.2, 0.25) is 0 Å². The maximum atomic E-state index is 11.0. The van der Waals surface area contributed by atoms with Gasteiger partial charge in [0.25, 0.3) is 0 Å². The Balaban J connectivity index is 1.63. The predicted octanol–water partition coefficient (Wildman–Crippen LogP) is 3.12. The molecular weight excluding hydrogens is 354 g/mol. The van der Waals surface area contributed by atoms with E-state index in [2.05, 4.69) is 22.2 Å². The number of benzene rings is 1. The molecule has 2 heterocycles. The number of hydrogen-bond donors (Lipinski definition) is 1. The molecule has 1 aromatic heterocycles. The topological polar surface area (TPSA) is 68.9 Å². The summed E-state index contributed by atoms with van der Waals surface area (Å²) in [6, 6.07) is 5.49. The molecule has 1 aromatic carbocycles. The molecule has 2 aromatic rings. The molecule has 1 aliphatic heterocycles. The molecule has 6 nitrogen and oxygen atoms in total. The summed E-state index contributed by atoms with van der Waals surface area (Å²) < 4.78 is 12.4. The average Bonchev–Trinajstić information content (AvgIpc) is 3.18. The Labute approximate surface area is 164 Å². The van der Waals surface area contributed by atoms with Gasteiger partial charge in [-0.05, 0) is 28.8 Å². The quantitative estimate of drug-likeness (QED) is 0.869. The van der Waals surface area contributed by atoms with E-state index in [1.165, 1.54) is 0 Å². The summed E-state index contributed by atoms with van der Waals surface area (Å²) in [5.41, 5.74) is 3.63. The predicted molar refractivity (Wildman–Crippen MR) is 109 cm³/mol. The Hall–Kier alpha value is -3.12. The van der Waals surface area contributed by atoms with Crippen LogP contribution in [0.25, 0.3) is 5.57 Å². The number of aliphatic hydroxyl groups is 1. The van der Waals surface area contributed by atoms with Gasteiger partial charge >= 0.3 is 0 Å². The standard InChI is InChI=1S/C22H23N3O3/c1-25-13-18(12-24-25)17-7-15-6-14(4-5-21(15)23-11-17)22(26)16-8-19(27-2)10-20(9-16)28-3/h4-13,15,21-22,26H,1-3H3. The molecule has 3 unspecified atom stereocenters. The molecule has 0 bridgehead atoms. The fourth-order valence-electron chi connectivity index (χ4n) is 3.53. The lowest BCUT2D eigenvalue weighted by Gasteiger charge is -2.26. The number of allylic oxidation sites excluding steroid dienone is 1. The van der Waals surface area contributed by atoms with Crippen molar-refractivity contribution in [3.05, 3.63) is 71.6 Å². The molecule has 0 saturated carbocycles. The van der Waals surface area contributed by atoms with E-state index in [1.54, 1.807) is 25.0 Å². The second-order valence-corrected chi connectivity index (χ2v) is 6.95. The van der Waals surface area contributed by atoms with Crippen LogP contribution >= 0.6 is 0 Å². The molecule has 1 aliphatic carbocycles. The van der Waals surface area contributed by atoms with Gasteiger partial charge in [-0.2, -0.15) is 5.10 Å². The van der Waals surface area contributed by atoms with E-state index in [-0.39, 0.29) is 12.0 Å². The Morgan fingerprint density at radius 2 is 1.86 bits per heavy atom. The number of rotatable bonds is 5. The Morgan fingerprint density at radius 3 is 2.50 bits per heavy atom. The molecule has 144 valence electrons. The summed E-state index contributed by atoms with van der Waals surface area (Å²) in [7, 11) is 5.09. The lowest BCUT2D eigenvalue weighted by Crippen LogP contribution is -2.21. The summed E-state index contributed by atoms with van der Waals surface area (Å²) in [6.45, 7) is 0. The smallest absolute Gasteiger partial charge is 0.122 e. The first-order valence-corrected chi connectivity index (χ1v) is 9.12. The van der Waals surface area contributed by atoms with Crippen molar-refractivity contribution in [2.45, 2.75) is 12.1 Å². The molecule has 0 spiro atoms. The summed E-state index contributed by atoms with van der Waals surface area (Å²) in [4.78, 5) is 4.66. The third-order valence-electron chi connectivity index (χ3n) is 5.07. The minimum atomic E-state index is -0.776. The number of hydrogen-bond acceptors (Lipinski definition) is 5. The maximum Gasteiger partial charge on any atom is 0.122 e. The lowest BCUT2D eigenvalue weighted by molar-refractivity contribution is 0.217. The number of aryl methyl sites for hydroxylation is 1. The van der Waals surface area contributed by atoms with E-state index >= 15 is 0 Å². The van der Waals surface area contributed by atoms with Crippen LogP contribution in [-0.2, 0) is 7.05 Å². The first-order valence-electron chi connectivity index (χ1n) is 9.12. The van der Waals surface area contributed by atoms with Gasteiger partial charge in [0, 0.05) is 37.0 Å². The van der Waals surface area contributed by atoms with Crippen molar-refractivity contribution in [2.75, 3.05) is 14.2 Å². The number of methoxy groups -OCH3 is 2. The summed E-state index contributed by atoms with van der Waals surface area (Å²) in [5, 5.41) is 15.2. The zero-order chi connectivity index (χ0) is 19.7. The van der Waals surface area contributed by atoms with Crippen molar-refractivity contribution in [3.63, 3.8) is 0 Å². The zero-order valence-electron chi connectivity index (χ0n) is 16.1. The summed E-state index contributed by atoms with van der Waals surface area (Å²) in [6.07, 6.45) is 13.2. The third kappa shape index (κ3) is 3.51. The molecule has 0 radical (unpaired) electrons. The molecular formula is C22H23N3O3. The molecule has 1 N–H and O–H groups in total. The highest BCUT2D eigenvalue weighted by atomic mass is 16.5. The fourth-order valence-corrected chi connectivity index (χ4v) is 3.53. The monoisotopic (exact) mass is 377 g/mol. The maximum absolute atomic E-state index is 11.0. The van der Waals surface area contributed by atoms with Crippen molar-refractivity contribution in [2.24, 2.45) is 18.0 Å². The lowest BCUT2D eigenvalue weighted by atomic mass is 9.85. The van der Waals surface area contributed by atoms with Crippen LogP contribution in [0.3, 0.4) is 0 Å². The fraction of sp³-hybridized carbons (Fsp3) is 0.273. The molecule has 0 fully saturated rings. The van der Waals surface area contributed by atoms with Crippen LogP contribution in [0.1, 0.15) is 17.2 Å². The van der Waals surface area contributed by atoms with Gasteiger partial charge < -0.3 is 14.6 Å². The minimum absolute atomic E-state index is 0.0521. The van der Waals surface area contributed by atoms with Gasteiger partial charge in [-0.1, -0.05) is 24.3 Å². The average molecular weight is 377 g/mol. The Morgan fingerprint density at radius 1 is 1.11 bits per heavy atom. The highest BCUT2D eigenvalue weighted by molar-refractivity contribution is 6.10. The number of ether oxygens (including phenoxy) is 2. The number of fused-ring (bicyclic) bond motifs is 1. The second-order valence-electron chi connectivity index (χ2n) is 6.95. The number of dihydropyridines is 1. The van der Waals surface area contributed by atoms with Crippen molar-refractivity contribution in [1.82, 2.24) is 9.78 Å². The van der Waals surface area contributed by atoms with E-state index in [0.29, 0.717) is 11.5 Å². The van der Waals surface area contributed by atoms with Crippen molar-refractivity contribution in [1.29, 1.82) is 0 Å². The third-order valence-corrected chi connectivity index (χ3v) is 5.07. The molecule has 0 saturated heterocycles. The highest BCUT2D eigenvalue weighted by Gasteiger charge is 2.25. The first kappa shape index (κ1) is 18.3. The van der Waals surface area contributed by atoms with Crippen LogP contribution in [0.15, 0.2) is 65.5 Å². The van der Waals surface area contributed by atoms with Crippen LogP contribution in [0.2, 0.25) is 0 Å². The van der Waals surface area contributed by atoms with E-state index in [0.717, 1.165) is 22.3 Å². The van der Waals surface area contributed by atoms with Gasteiger partial charge in [0.05, 0.1) is 26.5 Å². The van der Waals surface area contributed by atoms with Gasteiger partial charge in [0.15, 0.2) is 0 Å². The summed E-state index contributed by atoms with van der Waals surface area (Å²) >= 11 is 0. The number of aliphatic imine (C=N–C) groups is 1. The normalized spacial score (nSPS) is 21.6. The van der Waals surface area contributed by atoms with E-state index in [4.69, 9.17) is 9.47 Å². The van der Waals surface area contributed by atoms with Gasteiger partial charge in [-0.25, -0.2) is 0 Å². The van der Waals surface area contributed by atoms with Gasteiger partial charge in [0.1, 0.15) is 17.6 Å². The number of nitrogens with zero attached hydrogens (tertiary/aromatic N) is 3. The Kier molecular flexibility index (Phi) is 4.88. The van der Waals surface area contributed by atoms with E-state index in [9.17, 15) is 5.11 Å². The zero-order valence-corrected chi connectivity index (χ0v) is 16.1. The second kappa shape index (κ2) is 7.48. The van der Waals surface area contributed by atoms with Crippen molar-refractivity contribution in [3.8, 4) is 11.5 Å². The molecule has 28 heavy (non-hydrogen) atoms. The molecule has 6 heteroatoms. The SMILES string of the molecule is COc1cc(OC)cc(C(O)C2=CC3C=C(c4cnn(C)c4)C=NC3C=C2)c1. The largest absolute Gasteiger partial charge is 0.497 e. The number of aromatic nitrogens is 2. The van der Waals surface area contributed by atoms with Crippen LogP contribution < -0.4 is 9.47 Å². The first-order chi connectivity index (χ1) is 13.6. The van der Waals surface area contributed by atoms with E-state index in [1.807, 2.05) is 49.9 Å². The van der Waals surface area contributed by atoms with Crippen molar-refractivity contribution >= 4 is 11.8 Å². The minimum Gasteiger partial charge on any atom is -0.497 e. The summed E-state index contributed by atoms with van der Waals surface area (Å²) in [5.74, 6) is 1.38. The van der Waals surface area contributed by atoms with Gasteiger partial charge in [-0.15, -0.1) is 0 Å². The molecule has 0 amide bonds. The van der Waals surface area contributed by atoms with Gasteiger partial charge in [-0.3, -0.25) is 9.67 Å². The Bertz CT molecular complexity index is 978. The molecule has 4 rings (SSSR count). The number of aliphatic hydroxyl groups excluding tert-OH is 1. The van der Waals surface area contributed by atoms with Crippen LogP contribution in [-0.4, -0.2) is 41.4 Å². The molecule has 3 atom stereocenters. The van der Waals surface area contributed by atoms with Crippen LogP contribution in [0.5, 0.6) is 11.5 Å².